The summed E-state index contributed by atoms with van der Waals surface area (Å²) in [6, 6.07) is 10.2. The quantitative estimate of drug-likeness (QED) is 0.785. The summed E-state index contributed by atoms with van der Waals surface area (Å²) >= 11 is 1.18. The minimum atomic E-state index is -0.927. The van der Waals surface area contributed by atoms with Crippen molar-refractivity contribution in [2.75, 3.05) is 4.90 Å². The Kier molecular flexibility index (Phi) is 2.87. The molecule has 0 aliphatic carbocycles. The average Bonchev–Trinajstić information content (AvgIpc) is 3.07. The second kappa shape index (κ2) is 4.78. The Morgan fingerprint density at radius 2 is 2.18 bits per heavy atom. The topological polar surface area (TPSA) is 66.3 Å². The number of aromatic nitrogens is 2. The summed E-state index contributed by atoms with van der Waals surface area (Å²) < 4.78 is 0. The van der Waals surface area contributed by atoms with Crippen molar-refractivity contribution in [2.45, 2.75) is 19.4 Å². The van der Waals surface area contributed by atoms with Crippen molar-refractivity contribution in [3.8, 4) is 0 Å². The van der Waals surface area contributed by atoms with Gasteiger partial charge in [-0.25, -0.2) is 14.8 Å². The molecule has 3 aromatic rings. The zero-order chi connectivity index (χ0) is 15.3. The standard InChI is InChI=1S/C16H13N3O2S/c1-9-6-10-4-2-3-5-12(10)19(9)14-11-7-13(16(20)21)22-15(11)18-8-17-14/h2-5,7-9H,6H2,1H3,(H,20,21)/t9-/m0/s1. The second-order valence-corrected chi connectivity index (χ2v) is 6.41. The van der Waals surface area contributed by atoms with Crippen LogP contribution in [0.2, 0.25) is 0 Å². The van der Waals surface area contributed by atoms with E-state index in [0.717, 1.165) is 23.3 Å². The number of para-hydroxylation sites is 1. The molecule has 3 heterocycles. The summed E-state index contributed by atoms with van der Waals surface area (Å²) in [5, 5.41) is 10.00. The van der Waals surface area contributed by atoms with E-state index in [1.165, 1.54) is 23.2 Å². The van der Waals surface area contributed by atoms with Gasteiger partial charge >= 0.3 is 5.97 Å². The molecule has 6 heteroatoms. The molecule has 5 nitrogen and oxygen atoms in total. The predicted octanol–water partition coefficient (Wildman–Crippen LogP) is 3.47. The van der Waals surface area contributed by atoms with Gasteiger partial charge in [-0.3, -0.25) is 0 Å². The summed E-state index contributed by atoms with van der Waals surface area (Å²) in [6.07, 6.45) is 2.46. The maximum atomic E-state index is 11.2. The van der Waals surface area contributed by atoms with Gasteiger partial charge in [-0.15, -0.1) is 11.3 Å². The molecule has 4 rings (SSSR count). The van der Waals surface area contributed by atoms with Gasteiger partial charge in [-0.05, 0) is 31.0 Å². The first-order valence-corrected chi connectivity index (χ1v) is 7.82. The molecular formula is C16H13N3O2S. The second-order valence-electron chi connectivity index (χ2n) is 5.38. The maximum absolute atomic E-state index is 11.2. The van der Waals surface area contributed by atoms with E-state index in [9.17, 15) is 9.90 Å². The Morgan fingerprint density at radius 3 is 3.00 bits per heavy atom. The number of hydrogen-bond donors (Lipinski definition) is 1. The number of aromatic carboxylic acids is 1. The summed E-state index contributed by atoms with van der Waals surface area (Å²) in [7, 11) is 0. The molecule has 2 aromatic heterocycles. The number of hydrogen-bond acceptors (Lipinski definition) is 5. The number of rotatable bonds is 2. The highest BCUT2D eigenvalue weighted by Crippen LogP contribution is 2.41. The van der Waals surface area contributed by atoms with Crippen LogP contribution >= 0.6 is 11.3 Å². The molecule has 1 aliphatic rings. The van der Waals surface area contributed by atoms with E-state index in [2.05, 4.69) is 33.9 Å². The van der Waals surface area contributed by atoms with E-state index in [0.29, 0.717) is 4.83 Å². The highest BCUT2D eigenvalue weighted by Gasteiger charge is 2.29. The summed E-state index contributed by atoms with van der Waals surface area (Å²) in [6.45, 7) is 2.15. The molecule has 1 N–H and O–H groups in total. The van der Waals surface area contributed by atoms with Crippen LogP contribution in [0.1, 0.15) is 22.2 Å². The summed E-state index contributed by atoms with van der Waals surface area (Å²) in [5.41, 5.74) is 2.42. The number of fused-ring (bicyclic) bond motifs is 2. The summed E-state index contributed by atoms with van der Waals surface area (Å²) in [4.78, 5) is 23.0. The number of carbonyl (C=O) groups is 1. The van der Waals surface area contributed by atoms with Gasteiger partial charge in [0.2, 0.25) is 0 Å². The fraction of sp³-hybridized carbons (Fsp3) is 0.188. The maximum Gasteiger partial charge on any atom is 0.345 e. The van der Waals surface area contributed by atoms with Crippen LogP contribution in [0, 0.1) is 0 Å². The molecule has 0 bridgehead atoms. The Labute approximate surface area is 130 Å². The van der Waals surface area contributed by atoms with Crippen molar-refractivity contribution in [1.82, 2.24) is 9.97 Å². The third-order valence-electron chi connectivity index (χ3n) is 3.95. The largest absolute Gasteiger partial charge is 0.477 e. The number of benzene rings is 1. The first kappa shape index (κ1) is 13.2. The monoisotopic (exact) mass is 311 g/mol. The van der Waals surface area contributed by atoms with Crippen molar-refractivity contribution in [2.24, 2.45) is 0 Å². The van der Waals surface area contributed by atoms with Crippen LogP contribution in [-0.2, 0) is 6.42 Å². The van der Waals surface area contributed by atoms with Crippen molar-refractivity contribution >= 4 is 39.0 Å². The van der Waals surface area contributed by atoms with E-state index in [-0.39, 0.29) is 10.9 Å². The van der Waals surface area contributed by atoms with E-state index in [1.54, 1.807) is 6.07 Å². The van der Waals surface area contributed by atoms with Crippen LogP contribution in [0.3, 0.4) is 0 Å². The summed E-state index contributed by atoms with van der Waals surface area (Å²) in [5.74, 6) is -0.143. The number of anilines is 2. The van der Waals surface area contributed by atoms with Crippen LogP contribution in [0.4, 0.5) is 11.5 Å². The van der Waals surface area contributed by atoms with E-state index < -0.39 is 5.97 Å². The molecule has 0 fully saturated rings. The minimum absolute atomic E-state index is 0.281. The number of carboxylic acid groups (broad SMARTS) is 1. The first-order chi connectivity index (χ1) is 10.6. The molecule has 0 radical (unpaired) electrons. The fourth-order valence-corrected chi connectivity index (χ4v) is 3.86. The van der Waals surface area contributed by atoms with E-state index in [1.807, 2.05) is 12.1 Å². The average molecular weight is 311 g/mol. The zero-order valence-electron chi connectivity index (χ0n) is 11.9. The van der Waals surface area contributed by atoms with Crippen LogP contribution in [0.15, 0.2) is 36.7 Å². The number of thiophene rings is 1. The smallest absolute Gasteiger partial charge is 0.345 e. The lowest BCUT2D eigenvalue weighted by atomic mass is 10.1. The van der Waals surface area contributed by atoms with Crippen LogP contribution < -0.4 is 4.90 Å². The van der Waals surface area contributed by atoms with Gasteiger partial charge in [0.25, 0.3) is 0 Å². The molecule has 0 saturated heterocycles. The Balaban J connectivity index is 1.93. The molecule has 1 aromatic carbocycles. The van der Waals surface area contributed by atoms with Gasteiger partial charge in [-0.2, -0.15) is 0 Å². The zero-order valence-corrected chi connectivity index (χ0v) is 12.7. The lowest BCUT2D eigenvalue weighted by Crippen LogP contribution is -2.25. The van der Waals surface area contributed by atoms with Gasteiger partial charge in [-0.1, -0.05) is 18.2 Å². The number of nitrogens with zero attached hydrogens (tertiary/aromatic N) is 3. The first-order valence-electron chi connectivity index (χ1n) is 7.00. The third-order valence-corrected chi connectivity index (χ3v) is 4.99. The highest BCUT2D eigenvalue weighted by atomic mass is 32.1. The van der Waals surface area contributed by atoms with Crippen LogP contribution in [0.5, 0.6) is 0 Å². The Morgan fingerprint density at radius 1 is 1.36 bits per heavy atom. The van der Waals surface area contributed by atoms with Crippen molar-refractivity contribution in [3.05, 3.63) is 47.1 Å². The van der Waals surface area contributed by atoms with E-state index >= 15 is 0 Å². The Hall–Kier alpha value is -2.47. The molecule has 0 unspecified atom stereocenters. The van der Waals surface area contributed by atoms with Crippen LogP contribution in [-0.4, -0.2) is 27.1 Å². The van der Waals surface area contributed by atoms with Crippen molar-refractivity contribution < 1.29 is 9.90 Å². The van der Waals surface area contributed by atoms with Gasteiger partial charge in [0.1, 0.15) is 21.9 Å². The molecule has 0 spiro atoms. The van der Waals surface area contributed by atoms with Gasteiger partial charge in [0, 0.05) is 11.7 Å². The van der Waals surface area contributed by atoms with Crippen molar-refractivity contribution in [3.63, 3.8) is 0 Å². The highest BCUT2D eigenvalue weighted by molar-refractivity contribution is 7.20. The van der Waals surface area contributed by atoms with E-state index in [4.69, 9.17) is 0 Å². The predicted molar refractivity (Wildman–Crippen MR) is 86.1 cm³/mol. The minimum Gasteiger partial charge on any atom is -0.477 e. The molecule has 110 valence electrons. The van der Waals surface area contributed by atoms with Gasteiger partial charge in [0.05, 0.1) is 5.39 Å². The number of carboxylic acids is 1. The fourth-order valence-electron chi connectivity index (χ4n) is 3.03. The third kappa shape index (κ3) is 1.88. The van der Waals surface area contributed by atoms with Gasteiger partial charge < -0.3 is 10.0 Å². The van der Waals surface area contributed by atoms with Crippen LogP contribution in [0.25, 0.3) is 10.2 Å². The molecule has 1 atom stereocenters. The van der Waals surface area contributed by atoms with Crippen molar-refractivity contribution in [1.29, 1.82) is 0 Å². The molecular weight excluding hydrogens is 298 g/mol. The normalized spacial score (nSPS) is 17.0. The molecule has 1 aliphatic heterocycles. The lowest BCUT2D eigenvalue weighted by molar-refractivity contribution is 0.0702. The molecule has 22 heavy (non-hydrogen) atoms. The molecule has 0 saturated carbocycles. The molecule has 0 amide bonds. The Bertz CT molecular complexity index is 890. The lowest BCUT2D eigenvalue weighted by Gasteiger charge is -2.24. The van der Waals surface area contributed by atoms with Gasteiger partial charge in [0.15, 0.2) is 0 Å². The SMILES string of the molecule is C[C@H]1Cc2ccccc2N1c1ncnc2sc(C(=O)O)cc12.